The van der Waals surface area contributed by atoms with Gasteiger partial charge in [0.05, 0.1) is 0 Å². The van der Waals surface area contributed by atoms with Crippen LogP contribution >= 0.6 is 0 Å². The molecule has 162 valence electrons. The minimum atomic E-state index is -1.67. The zero-order valence-electron chi connectivity index (χ0n) is 16.4. The highest BCUT2D eigenvalue weighted by Gasteiger charge is 2.17. The van der Waals surface area contributed by atoms with Crippen molar-refractivity contribution < 1.29 is 30.7 Å². The van der Waals surface area contributed by atoms with Gasteiger partial charge in [0.15, 0.2) is 23.3 Å². The number of hydrogen-bond acceptors (Lipinski definition) is 0. The van der Waals surface area contributed by atoms with Gasteiger partial charge >= 0.3 is 0 Å². The molecule has 0 N–H and O–H groups in total. The number of halogens is 7. The minimum absolute atomic E-state index is 0.0733. The standard InChI is InChI=1S/C24H17F7/c1-2-3-4-18(25)23(30)14-6-8-16(20(27)10-14)13-5-7-17(19(26)9-13)15-11-21(28)24(31)22(29)12-15/h5-12H,2-4H2,1H3/b23-18+. The van der Waals surface area contributed by atoms with E-state index < -0.39 is 40.7 Å². The maximum absolute atomic E-state index is 14.6. The van der Waals surface area contributed by atoms with Gasteiger partial charge in [0.2, 0.25) is 0 Å². The van der Waals surface area contributed by atoms with E-state index >= 15 is 0 Å². The van der Waals surface area contributed by atoms with Gasteiger partial charge < -0.3 is 0 Å². The second kappa shape index (κ2) is 9.37. The smallest absolute Gasteiger partial charge is 0.194 e. The highest BCUT2D eigenvalue weighted by Crippen LogP contribution is 2.33. The minimum Gasteiger partial charge on any atom is -0.209 e. The maximum Gasteiger partial charge on any atom is 0.194 e. The van der Waals surface area contributed by atoms with Crippen molar-refractivity contribution in [3.05, 3.63) is 89.0 Å². The van der Waals surface area contributed by atoms with Crippen LogP contribution in [0.5, 0.6) is 0 Å². The highest BCUT2D eigenvalue weighted by molar-refractivity contribution is 5.73. The molecule has 31 heavy (non-hydrogen) atoms. The Kier molecular flexibility index (Phi) is 6.83. The monoisotopic (exact) mass is 438 g/mol. The molecule has 7 heteroatoms. The van der Waals surface area contributed by atoms with Crippen LogP contribution < -0.4 is 0 Å². The van der Waals surface area contributed by atoms with Gasteiger partial charge in [0.1, 0.15) is 17.5 Å². The summed E-state index contributed by atoms with van der Waals surface area (Å²) in [7, 11) is 0. The molecule has 3 aromatic carbocycles. The Balaban J connectivity index is 1.95. The van der Waals surface area contributed by atoms with E-state index in [0.717, 1.165) is 18.2 Å². The van der Waals surface area contributed by atoms with Gasteiger partial charge in [-0.05, 0) is 41.8 Å². The summed E-state index contributed by atoms with van der Waals surface area (Å²) >= 11 is 0. The van der Waals surface area contributed by atoms with Crippen LogP contribution in [0.3, 0.4) is 0 Å². The molecule has 0 fully saturated rings. The summed E-state index contributed by atoms with van der Waals surface area (Å²) in [5, 5.41) is 0. The van der Waals surface area contributed by atoms with Crippen LogP contribution in [-0.2, 0) is 0 Å². The average Bonchev–Trinajstić information content (AvgIpc) is 2.74. The van der Waals surface area contributed by atoms with Crippen molar-refractivity contribution in [2.75, 3.05) is 0 Å². The van der Waals surface area contributed by atoms with Crippen LogP contribution in [0.15, 0.2) is 54.4 Å². The molecule has 0 aliphatic heterocycles. The molecule has 3 rings (SSSR count). The van der Waals surface area contributed by atoms with E-state index in [0.29, 0.717) is 25.0 Å². The summed E-state index contributed by atoms with van der Waals surface area (Å²) < 4.78 is 97.1. The van der Waals surface area contributed by atoms with Crippen LogP contribution in [0.25, 0.3) is 28.1 Å². The first-order valence-corrected chi connectivity index (χ1v) is 9.51. The summed E-state index contributed by atoms with van der Waals surface area (Å²) in [5.74, 6) is -8.56. The van der Waals surface area contributed by atoms with Crippen LogP contribution in [-0.4, -0.2) is 0 Å². The molecule has 0 unspecified atom stereocenters. The molecular formula is C24H17F7. The van der Waals surface area contributed by atoms with Gasteiger partial charge in [0, 0.05) is 23.1 Å². The molecule has 0 aliphatic rings. The fourth-order valence-corrected chi connectivity index (χ4v) is 3.11. The lowest BCUT2D eigenvalue weighted by molar-refractivity contribution is 0.447. The predicted octanol–water partition coefficient (Wildman–Crippen LogP) is 8.51. The summed E-state index contributed by atoms with van der Waals surface area (Å²) in [6.45, 7) is 1.83. The first-order chi connectivity index (χ1) is 14.7. The Morgan fingerprint density at radius 3 is 1.81 bits per heavy atom. The van der Waals surface area contributed by atoms with Gasteiger partial charge in [0.25, 0.3) is 0 Å². The molecule has 0 nitrogen and oxygen atoms in total. The van der Waals surface area contributed by atoms with Crippen LogP contribution in [0.4, 0.5) is 30.7 Å². The molecule has 0 saturated carbocycles. The van der Waals surface area contributed by atoms with Crippen molar-refractivity contribution in [3.8, 4) is 22.3 Å². The van der Waals surface area contributed by atoms with Crippen LogP contribution in [0.1, 0.15) is 31.7 Å². The SMILES string of the molecule is CCCC/C(F)=C(\F)c1ccc(-c2ccc(-c3cc(F)c(F)c(F)c3)c(F)c2)c(F)c1. The summed E-state index contributed by atoms with van der Waals surface area (Å²) in [4.78, 5) is 0. The Bertz CT molecular complexity index is 1130. The molecule has 0 radical (unpaired) electrons. The van der Waals surface area contributed by atoms with Gasteiger partial charge in [-0.1, -0.05) is 37.6 Å². The number of hydrogen-bond donors (Lipinski definition) is 0. The zero-order chi connectivity index (χ0) is 22.7. The van der Waals surface area contributed by atoms with Gasteiger partial charge in [-0.15, -0.1) is 0 Å². The number of unbranched alkanes of at least 4 members (excludes halogenated alkanes) is 1. The first-order valence-electron chi connectivity index (χ1n) is 9.51. The lowest BCUT2D eigenvalue weighted by atomic mass is 9.98. The number of benzene rings is 3. The summed E-state index contributed by atoms with van der Waals surface area (Å²) in [5.41, 5.74) is -0.725. The molecule has 0 atom stereocenters. The Hall–Kier alpha value is -3.09. The van der Waals surface area contributed by atoms with Crippen molar-refractivity contribution in [2.45, 2.75) is 26.2 Å². The van der Waals surface area contributed by atoms with E-state index in [-0.39, 0.29) is 34.2 Å². The maximum atomic E-state index is 14.6. The lowest BCUT2D eigenvalue weighted by Gasteiger charge is -2.10. The molecule has 0 heterocycles. The van der Waals surface area contributed by atoms with Crippen molar-refractivity contribution in [1.29, 1.82) is 0 Å². The number of rotatable bonds is 6. The molecule has 0 bridgehead atoms. The second-order valence-electron chi connectivity index (χ2n) is 6.97. The van der Waals surface area contributed by atoms with Crippen molar-refractivity contribution in [1.82, 2.24) is 0 Å². The van der Waals surface area contributed by atoms with E-state index in [1.54, 1.807) is 0 Å². The fourth-order valence-electron chi connectivity index (χ4n) is 3.11. The highest BCUT2D eigenvalue weighted by atomic mass is 19.2. The van der Waals surface area contributed by atoms with Crippen LogP contribution in [0, 0.1) is 29.1 Å². The van der Waals surface area contributed by atoms with E-state index in [1.807, 2.05) is 6.92 Å². The third-order valence-electron chi connectivity index (χ3n) is 4.79. The zero-order valence-corrected chi connectivity index (χ0v) is 16.4. The molecule has 0 aliphatic carbocycles. The predicted molar refractivity (Wildman–Crippen MR) is 106 cm³/mol. The van der Waals surface area contributed by atoms with Crippen molar-refractivity contribution in [3.63, 3.8) is 0 Å². The fraction of sp³-hybridized carbons (Fsp3) is 0.167. The van der Waals surface area contributed by atoms with Crippen LogP contribution in [0.2, 0.25) is 0 Å². The lowest BCUT2D eigenvalue weighted by Crippen LogP contribution is -1.94. The largest absolute Gasteiger partial charge is 0.209 e. The molecule has 0 amide bonds. The molecule has 0 spiro atoms. The molecule has 0 aromatic heterocycles. The third-order valence-corrected chi connectivity index (χ3v) is 4.79. The normalized spacial score (nSPS) is 12.1. The summed E-state index contributed by atoms with van der Waals surface area (Å²) in [6.07, 6.45) is 1.03. The second-order valence-corrected chi connectivity index (χ2v) is 6.97. The van der Waals surface area contributed by atoms with Gasteiger partial charge in [-0.2, -0.15) is 0 Å². The average molecular weight is 438 g/mol. The summed E-state index contributed by atoms with van der Waals surface area (Å²) in [6, 6.07) is 7.85. The van der Waals surface area contributed by atoms with E-state index in [2.05, 4.69) is 0 Å². The van der Waals surface area contributed by atoms with Crippen molar-refractivity contribution in [2.24, 2.45) is 0 Å². The van der Waals surface area contributed by atoms with E-state index in [4.69, 9.17) is 0 Å². The van der Waals surface area contributed by atoms with E-state index in [1.165, 1.54) is 18.2 Å². The quantitative estimate of drug-likeness (QED) is 0.267. The van der Waals surface area contributed by atoms with E-state index in [9.17, 15) is 30.7 Å². The molecule has 0 saturated heterocycles. The Morgan fingerprint density at radius 1 is 0.677 bits per heavy atom. The van der Waals surface area contributed by atoms with Crippen molar-refractivity contribution >= 4 is 5.83 Å². The van der Waals surface area contributed by atoms with Gasteiger partial charge in [-0.3, -0.25) is 0 Å². The topological polar surface area (TPSA) is 0 Å². The Morgan fingerprint density at radius 2 is 1.23 bits per heavy atom. The van der Waals surface area contributed by atoms with Gasteiger partial charge in [-0.25, -0.2) is 30.7 Å². The first kappa shape index (κ1) is 22.6. The number of allylic oxidation sites excluding steroid dienone is 1. The third kappa shape index (κ3) is 4.81. The molecular weight excluding hydrogens is 421 g/mol. The molecule has 3 aromatic rings. The Labute approximate surface area is 174 Å².